The Kier molecular flexibility index (Phi) is 5.32. The summed E-state index contributed by atoms with van der Waals surface area (Å²) >= 11 is 0. The molecule has 23 heavy (non-hydrogen) atoms. The summed E-state index contributed by atoms with van der Waals surface area (Å²) in [5.41, 5.74) is -1.43. The third kappa shape index (κ3) is 3.84. The summed E-state index contributed by atoms with van der Waals surface area (Å²) in [6.45, 7) is 5.04. The highest BCUT2D eigenvalue weighted by molar-refractivity contribution is 7.88. The van der Waals surface area contributed by atoms with Gasteiger partial charge in [-0.05, 0) is 12.3 Å². The van der Waals surface area contributed by atoms with Crippen molar-refractivity contribution in [2.75, 3.05) is 39.0 Å². The van der Waals surface area contributed by atoms with Crippen molar-refractivity contribution in [3.8, 4) is 0 Å². The Labute approximate surface area is 137 Å². The molecule has 2 saturated heterocycles. The Hall–Kier alpha value is -1.19. The van der Waals surface area contributed by atoms with Gasteiger partial charge in [0.25, 0.3) is 5.91 Å². The molecule has 0 saturated carbocycles. The molecule has 9 heteroatoms. The summed E-state index contributed by atoms with van der Waals surface area (Å²) in [6, 6.07) is 0. The summed E-state index contributed by atoms with van der Waals surface area (Å²) in [5.74, 6) is -1.16. The van der Waals surface area contributed by atoms with Crippen molar-refractivity contribution in [1.82, 2.24) is 14.9 Å². The number of ether oxygens (including phenoxy) is 1. The van der Waals surface area contributed by atoms with Crippen molar-refractivity contribution in [2.24, 2.45) is 11.8 Å². The van der Waals surface area contributed by atoms with Gasteiger partial charge in [0.1, 0.15) is 0 Å². The third-order valence-electron chi connectivity index (χ3n) is 4.30. The van der Waals surface area contributed by atoms with E-state index in [4.69, 9.17) is 4.74 Å². The van der Waals surface area contributed by atoms with E-state index in [1.807, 2.05) is 13.8 Å². The van der Waals surface area contributed by atoms with Crippen LogP contribution in [0.5, 0.6) is 0 Å². The first-order valence-electron chi connectivity index (χ1n) is 7.82. The maximum Gasteiger partial charge on any atom is 0.254 e. The molecule has 0 bridgehead atoms. The highest BCUT2D eigenvalue weighted by atomic mass is 32.2. The minimum absolute atomic E-state index is 0.0419. The zero-order valence-electron chi connectivity index (χ0n) is 13.8. The standard InChI is InChI=1S/C14H25N3O5S/c1-10(2)4-5-15-12(18)11-8-17(23(3,20)21)9-14(11)13(19)16-6-7-22-14/h10-11H,4-9H2,1-3H3,(H,15,18)(H,16,19)/t11-,14-/m1/s1. The summed E-state index contributed by atoms with van der Waals surface area (Å²) in [4.78, 5) is 24.9. The van der Waals surface area contributed by atoms with Gasteiger partial charge in [0, 0.05) is 19.6 Å². The molecule has 2 rings (SSSR count). The van der Waals surface area contributed by atoms with Gasteiger partial charge in [-0.3, -0.25) is 9.59 Å². The second-order valence-corrected chi connectivity index (χ2v) is 8.56. The molecule has 2 heterocycles. The van der Waals surface area contributed by atoms with Crippen molar-refractivity contribution >= 4 is 21.8 Å². The number of nitrogens with zero attached hydrogens (tertiary/aromatic N) is 1. The average Bonchev–Trinajstić information content (AvgIpc) is 2.82. The number of morpholine rings is 1. The quantitative estimate of drug-likeness (QED) is 0.659. The monoisotopic (exact) mass is 347 g/mol. The Morgan fingerprint density at radius 2 is 2.22 bits per heavy atom. The Morgan fingerprint density at radius 1 is 1.52 bits per heavy atom. The van der Waals surface area contributed by atoms with Crippen molar-refractivity contribution in [1.29, 1.82) is 0 Å². The molecule has 0 radical (unpaired) electrons. The number of rotatable bonds is 5. The predicted octanol–water partition coefficient (Wildman–Crippen LogP) is -1.07. The van der Waals surface area contributed by atoms with Crippen molar-refractivity contribution < 1.29 is 22.7 Å². The predicted molar refractivity (Wildman–Crippen MR) is 84.1 cm³/mol. The molecule has 8 nitrogen and oxygen atoms in total. The molecular formula is C14H25N3O5S. The van der Waals surface area contributed by atoms with Gasteiger partial charge >= 0.3 is 0 Å². The zero-order valence-corrected chi connectivity index (χ0v) is 14.6. The molecule has 0 aromatic carbocycles. The third-order valence-corrected chi connectivity index (χ3v) is 5.51. The molecule has 2 atom stereocenters. The van der Waals surface area contributed by atoms with Gasteiger partial charge in [-0.15, -0.1) is 0 Å². The minimum atomic E-state index is -3.51. The lowest BCUT2D eigenvalue weighted by atomic mass is 9.87. The van der Waals surface area contributed by atoms with Gasteiger partial charge in [-0.1, -0.05) is 13.8 Å². The molecule has 0 unspecified atom stereocenters. The maximum absolute atomic E-state index is 12.5. The van der Waals surface area contributed by atoms with Gasteiger partial charge < -0.3 is 15.4 Å². The van der Waals surface area contributed by atoms with Crippen LogP contribution in [0.3, 0.4) is 0 Å². The molecule has 2 aliphatic rings. The number of carbonyl (C=O) groups excluding carboxylic acids is 2. The fourth-order valence-electron chi connectivity index (χ4n) is 2.93. The lowest BCUT2D eigenvalue weighted by Crippen LogP contribution is -2.62. The van der Waals surface area contributed by atoms with Crippen LogP contribution in [0.15, 0.2) is 0 Å². The second-order valence-electron chi connectivity index (χ2n) is 6.58. The van der Waals surface area contributed by atoms with Crippen LogP contribution in [0.25, 0.3) is 0 Å². The smallest absolute Gasteiger partial charge is 0.254 e. The lowest BCUT2D eigenvalue weighted by Gasteiger charge is -2.36. The van der Waals surface area contributed by atoms with Gasteiger partial charge in [-0.2, -0.15) is 4.31 Å². The highest BCUT2D eigenvalue weighted by Crippen LogP contribution is 2.34. The number of nitrogens with one attached hydrogen (secondary N) is 2. The Morgan fingerprint density at radius 3 is 2.78 bits per heavy atom. The molecule has 0 aromatic rings. The minimum Gasteiger partial charge on any atom is -0.361 e. The largest absolute Gasteiger partial charge is 0.361 e. The number of hydrogen-bond donors (Lipinski definition) is 2. The lowest BCUT2D eigenvalue weighted by molar-refractivity contribution is -0.163. The van der Waals surface area contributed by atoms with E-state index in [0.717, 1.165) is 17.0 Å². The van der Waals surface area contributed by atoms with E-state index in [0.29, 0.717) is 19.0 Å². The van der Waals surface area contributed by atoms with Crippen molar-refractivity contribution in [2.45, 2.75) is 25.9 Å². The van der Waals surface area contributed by atoms with Crippen LogP contribution in [-0.4, -0.2) is 69.2 Å². The van der Waals surface area contributed by atoms with Crippen LogP contribution in [0.4, 0.5) is 0 Å². The molecule has 2 aliphatic heterocycles. The fourth-order valence-corrected chi connectivity index (χ4v) is 3.78. The van der Waals surface area contributed by atoms with Crippen molar-refractivity contribution in [3.63, 3.8) is 0 Å². The molecular weight excluding hydrogens is 322 g/mol. The van der Waals surface area contributed by atoms with Crippen LogP contribution in [-0.2, 0) is 24.3 Å². The Bertz CT molecular complexity index is 577. The number of carbonyl (C=O) groups is 2. The summed E-state index contributed by atoms with van der Waals surface area (Å²) in [7, 11) is -3.51. The van der Waals surface area contributed by atoms with E-state index >= 15 is 0 Å². The number of hydrogen-bond acceptors (Lipinski definition) is 5. The van der Waals surface area contributed by atoms with E-state index in [-0.39, 0.29) is 25.6 Å². The molecule has 1 spiro atoms. The topological polar surface area (TPSA) is 105 Å². The van der Waals surface area contributed by atoms with Crippen molar-refractivity contribution in [3.05, 3.63) is 0 Å². The van der Waals surface area contributed by atoms with Crippen LogP contribution in [0.2, 0.25) is 0 Å². The average molecular weight is 347 g/mol. The fraction of sp³-hybridized carbons (Fsp3) is 0.857. The first kappa shape index (κ1) is 18.2. The SMILES string of the molecule is CC(C)CCNC(=O)[C@H]1CN(S(C)(=O)=O)C[C@@]12OCCNC2=O. The normalized spacial score (nSPS) is 29.0. The van der Waals surface area contributed by atoms with Gasteiger partial charge in [-0.25, -0.2) is 8.42 Å². The van der Waals surface area contributed by atoms with Gasteiger partial charge in [0.15, 0.2) is 5.60 Å². The van der Waals surface area contributed by atoms with Crippen LogP contribution in [0.1, 0.15) is 20.3 Å². The molecule has 2 N–H and O–H groups in total. The van der Waals surface area contributed by atoms with E-state index < -0.39 is 27.4 Å². The molecule has 2 amide bonds. The maximum atomic E-state index is 12.5. The number of sulfonamides is 1. The van der Waals surface area contributed by atoms with Crippen LogP contribution in [0, 0.1) is 11.8 Å². The van der Waals surface area contributed by atoms with E-state index in [1.165, 1.54) is 0 Å². The Balaban J connectivity index is 2.19. The second kappa shape index (κ2) is 6.74. The van der Waals surface area contributed by atoms with Gasteiger partial charge in [0.2, 0.25) is 15.9 Å². The first-order chi connectivity index (χ1) is 10.7. The van der Waals surface area contributed by atoms with E-state index in [9.17, 15) is 18.0 Å². The summed E-state index contributed by atoms with van der Waals surface area (Å²) < 4.78 is 30.5. The molecule has 0 aromatic heterocycles. The first-order valence-corrected chi connectivity index (χ1v) is 9.67. The molecule has 132 valence electrons. The van der Waals surface area contributed by atoms with E-state index in [2.05, 4.69) is 10.6 Å². The summed E-state index contributed by atoms with van der Waals surface area (Å²) in [6.07, 6.45) is 1.88. The molecule has 0 aliphatic carbocycles. The summed E-state index contributed by atoms with van der Waals surface area (Å²) in [5, 5.41) is 5.48. The molecule has 2 fully saturated rings. The van der Waals surface area contributed by atoms with Crippen LogP contribution < -0.4 is 10.6 Å². The van der Waals surface area contributed by atoms with Gasteiger partial charge in [0.05, 0.1) is 25.3 Å². The van der Waals surface area contributed by atoms with Crippen LogP contribution >= 0.6 is 0 Å². The number of amides is 2. The highest BCUT2D eigenvalue weighted by Gasteiger charge is 2.59. The zero-order chi connectivity index (χ0) is 17.3. The van der Waals surface area contributed by atoms with E-state index in [1.54, 1.807) is 0 Å².